The number of amides is 1. The van der Waals surface area contributed by atoms with Crippen molar-refractivity contribution >= 4 is 23.5 Å². The van der Waals surface area contributed by atoms with E-state index in [1.165, 1.54) is 19.2 Å². The molecule has 2 unspecified atom stereocenters. The maximum atomic E-state index is 14.8. The summed E-state index contributed by atoms with van der Waals surface area (Å²) in [7, 11) is 1.34. The van der Waals surface area contributed by atoms with Crippen molar-refractivity contribution in [2.24, 2.45) is 11.8 Å². The first-order valence-electron chi connectivity index (χ1n) is 13.0. The molecule has 8 heteroatoms. The Morgan fingerprint density at radius 3 is 2.73 bits per heavy atom. The topological polar surface area (TPSA) is 73.9 Å². The number of nitrogens with one attached hydrogen (secondary N) is 1. The molecule has 2 aromatic carbocycles. The Balaban J connectivity index is 1.71. The van der Waals surface area contributed by atoms with Crippen molar-refractivity contribution in [3.63, 3.8) is 0 Å². The highest BCUT2D eigenvalue weighted by molar-refractivity contribution is 6.30. The van der Waals surface area contributed by atoms with E-state index in [-0.39, 0.29) is 24.6 Å². The van der Waals surface area contributed by atoms with Gasteiger partial charge in [0.25, 0.3) is 5.91 Å². The lowest BCUT2D eigenvalue weighted by Gasteiger charge is -2.26. The molecule has 1 aliphatic heterocycles. The molecule has 202 valence electrons. The van der Waals surface area contributed by atoms with Crippen molar-refractivity contribution in [1.82, 2.24) is 5.32 Å². The van der Waals surface area contributed by atoms with E-state index in [9.17, 15) is 14.0 Å². The Labute approximate surface area is 223 Å². The number of hydrogen-bond donors (Lipinski definition) is 1. The van der Waals surface area contributed by atoms with Gasteiger partial charge in [0, 0.05) is 37.8 Å². The lowest BCUT2D eigenvalue weighted by Crippen LogP contribution is -2.32. The van der Waals surface area contributed by atoms with E-state index in [2.05, 4.69) is 17.0 Å². The molecule has 6 nitrogen and oxygen atoms in total. The molecule has 0 aromatic heterocycles. The van der Waals surface area contributed by atoms with Gasteiger partial charge in [-0.25, -0.2) is 4.39 Å². The minimum Gasteiger partial charge on any atom is -0.469 e. The summed E-state index contributed by atoms with van der Waals surface area (Å²) in [4.78, 5) is 24.5. The SMILES string of the molecule is CCC(CNC(=O)c1cc([C@@H](OCCCC(=O)OC)c2cccc(Cl)c2)ccc1F)CC1CCCOC1. The summed E-state index contributed by atoms with van der Waals surface area (Å²) >= 11 is 6.21. The molecule has 3 atom stereocenters. The van der Waals surface area contributed by atoms with Crippen molar-refractivity contribution in [1.29, 1.82) is 0 Å². The van der Waals surface area contributed by atoms with E-state index in [1.54, 1.807) is 18.2 Å². The minimum absolute atomic E-state index is 0.0291. The average molecular weight is 534 g/mol. The molecule has 37 heavy (non-hydrogen) atoms. The van der Waals surface area contributed by atoms with Crippen molar-refractivity contribution in [3.05, 3.63) is 70.0 Å². The van der Waals surface area contributed by atoms with Crippen molar-refractivity contribution in [3.8, 4) is 0 Å². The standard InChI is InChI=1S/C29H37ClFNO5/c1-3-20(15-21-7-5-13-36-19-21)18-32-29(34)25-17-23(11-12-26(25)31)28(22-8-4-9-24(30)16-22)37-14-6-10-27(33)35-2/h4,8-9,11-12,16-17,20-21,28H,3,5-7,10,13-15,18-19H2,1-2H3,(H,32,34)/t20?,21?,28-/m0/s1. The lowest BCUT2D eigenvalue weighted by molar-refractivity contribution is -0.141. The Bertz CT molecular complexity index is 1030. The van der Waals surface area contributed by atoms with E-state index < -0.39 is 17.8 Å². The zero-order chi connectivity index (χ0) is 26.6. The summed E-state index contributed by atoms with van der Waals surface area (Å²) in [5.74, 6) is -0.548. The van der Waals surface area contributed by atoms with E-state index >= 15 is 0 Å². The zero-order valence-electron chi connectivity index (χ0n) is 21.6. The Morgan fingerprint density at radius 2 is 2.03 bits per heavy atom. The summed E-state index contributed by atoms with van der Waals surface area (Å²) in [5.41, 5.74) is 1.36. The van der Waals surface area contributed by atoms with Crippen LogP contribution in [0.5, 0.6) is 0 Å². The molecule has 2 aromatic rings. The quantitative estimate of drug-likeness (QED) is 0.248. The molecule has 0 radical (unpaired) electrons. The third-order valence-electron chi connectivity index (χ3n) is 6.78. The second kappa shape index (κ2) is 15.1. The van der Waals surface area contributed by atoms with Gasteiger partial charge in [-0.15, -0.1) is 0 Å². The number of carbonyl (C=O) groups is 2. The van der Waals surface area contributed by atoms with Gasteiger partial charge < -0.3 is 19.5 Å². The van der Waals surface area contributed by atoms with Crippen LogP contribution in [-0.2, 0) is 19.0 Å². The maximum Gasteiger partial charge on any atom is 0.305 e. The second-order valence-corrected chi connectivity index (χ2v) is 9.96. The number of benzene rings is 2. The van der Waals surface area contributed by atoms with Gasteiger partial charge in [-0.2, -0.15) is 0 Å². The maximum absolute atomic E-state index is 14.8. The van der Waals surface area contributed by atoms with E-state index in [1.807, 2.05) is 12.1 Å². The highest BCUT2D eigenvalue weighted by Crippen LogP contribution is 2.30. The molecule has 1 N–H and O–H groups in total. The average Bonchev–Trinajstić information content (AvgIpc) is 2.91. The predicted molar refractivity (Wildman–Crippen MR) is 141 cm³/mol. The summed E-state index contributed by atoms with van der Waals surface area (Å²) in [6.07, 6.45) is 4.23. The predicted octanol–water partition coefficient (Wildman–Crippen LogP) is 6.11. The third kappa shape index (κ3) is 9.09. The van der Waals surface area contributed by atoms with Crippen LogP contribution in [0.1, 0.15) is 73.0 Å². The number of rotatable bonds is 13. The van der Waals surface area contributed by atoms with Gasteiger partial charge in [-0.3, -0.25) is 9.59 Å². The van der Waals surface area contributed by atoms with E-state index in [0.717, 1.165) is 44.5 Å². The van der Waals surface area contributed by atoms with Crippen LogP contribution in [0.4, 0.5) is 4.39 Å². The molecule has 1 fully saturated rings. The van der Waals surface area contributed by atoms with Gasteiger partial charge in [0.1, 0.15) is 11.9 Å². The van der Waals surface area contributed by atoms with Gasteiger partial charge >= 0.3 is 5.97 Å². The van der Waals surface area contributed by atoms with Gasteiger partial charge in [0.2, 0.25) is 0 Å². The minimum atomic E-state index is -0.592. The zero-order valence-corrected chi connectivity index (χ0v) is 22.4. The van der Waals surface area contributed by atoms with Gasteiger partial charge in [-0.1, -0.05) is 43.1 Å². The molecular weight excluding hydrogens is 497 g/mol. The summed E-state index contributed by atoms with van der Waals surface area (Å²) in [6.45, 7) is 4.46. The van der Waals surface area contributed by atoms with Gasteiger partial charge in [0.05, 0.1) is 12.7 Å². The highest BCUT2D eigenvalue weighted by Gasteiger charge is 2.22. The Kier molecular flexibility index (Phi) is 11.8. The van der Waals surface area contributed by atoms with Crippen LogP contribution in [0.3, 0.4) is 0 Å². The third-order valence-corrected chi connectivity index (χ3v) is 7.01. The molecule has 0 saturated carbocycles. The number of hydrogen-bond acceptors (Lipinski definition) is 5. The van der Waals surface area contributed by atoms with Crippen molar-refractivity contribution in [2.75, 3.05) is 33.5 Å². The fraction of sp³-hybridized carbons (Fsp3) is 0.517. The number of methoxy groups -OCH3 is 1. The fourth-order valence-electron chi connectivity index (χ4n) is 4.65. The van der Waals surface area contributed by atoms with Crippen LogP contribution in [0.2, 0.25) is 5.02 Å². The molecule has 0 aliphatic carbocycles. The highest BCUT2D eigenvalue weighted by atomic mass is 35.5. The monoisotopic (exact) mass is 533 g/mol. The Morgan fingerprint density at radius 1 is 1.22 bits per heavy atom. The van der Waals surface area contributed by atoms with Crippen molar-refractivity contribution < 1.29 is 28.2 Å². The van der Waals surface area contributed by atoms with Crippen molar-refractivity contribution in [2.45, 2.75) is 51.6 Å². The summed E-state index contributed by atoms with van der Waals surface area (Å²) < 4.78 is 31.2. The normalized spacial score (nSPS) is 17.1. The first-order valence-corrected chi connectivity index (χ1v) is 13.4. The van der Waals surface area contributed by atoms with Crippen LogP contribution < -0.4 is 5.32 Å². The van der Waals surface area contributed by atoms with Gasteiger partial charge in [0.15, 0.2) is 0 Å². The van der Waals surface area contributed by atoms with Crippen LogP contribution in [0, 0.1) is 17.7 Å². The van der Waals surface area contributed by atoms with Crippen LogP contribution in [-0.4, -0.2) is 45.4 Å². The molecule has 1 aliphatic rings. The van der Waals surface area contributed by atoms with Crippen LogP contribution in [0.15, 0.2) is 42.5 Å². The number of esters is 1. The fourth-order valence-corrected chi connectivity index (χ4v) is 4.84. The summed E-state index contributed by atoms with van der Waals surface area (Å²) in [5, 5.41) is 3.47. The molecule has 1 saturated heterocycles. The molecule has 1 heterocycles. The second-order valence-electron chi connectivity index (χ2n) is 9.53. The lowest BCUT2D eigenvalue weighted by atomic mass is 9.89. The first-order chi connectivity index (χ1) is 17.9. The number of carbonyl (C=O) groups excluding carboxylic acids is 2. The van der Waals surface area contributed by atoms with E-state index in [4.69, 9.17) is 21.1 Å². The van der Waals surface area contributed by atoms with Crippen LogP contribution in [0.25, 0.3) is 0 Å². The molecule has 0 spiro atoms. The molecular formula is C29H37ClFNO5. The smallest absolute Gasteiger partial charge is 0.305 e. The largest absolute Gasteiger partial charge is 0.469 e. The Hall–Kier alpha value is -2.48. The van der Waals surface area contributed by atoms with Gasteiger partial charge in [-0.05, 0) is 72.9 Å². The number of halogens is 2. The van der Waals surface area contributed by atoms with E-state index in [0.29, 0.717) is 35.4 Å². The molecule has 0 bridgehead atoms. The molecule has 1 amide bonds. The number of ether oxygens (including phenoxy) is 3. The van der Waals surface area contributed by atoms with Crippen LogP contribution >= 0.6 is 11.6 Å². The first kappa shape index (κ1) is 29.1. The molecule has 3 rings (SSSR count). The summed E-state index contributed by atoms with van der Waals surface area (Å²) in [6, 6.07) is 11.6.